The molecule has 1 saturated heterocycles. The Morgan fingerprint density at radius 3 is 2.43 bits per heavy atom. The van der Waals surface area contributed by atoms with E-state index in [-0.39, 0.29) is 11.6 Å². The Hall–Kier alpha value is -1.82. The second-order valence-electron chi connectivity index (χ2n) is 7.26. The molecule has 0 bridgehead atoms. The first kappa shape index (κ1) is 16.1. The summed E-state index contributed by atoms with van der Waals surface area (Å²) in [6.45, 7) is 8.56. The van der Waals surface area contributed by atoms with Gasteiger partial charge in [-0.05, 0) is 68.8 Å². The summed E-state index contributed by atoms with van der Waals surface area (Å²) in [5, 5.41) is 12.6. The van der Waals surface area contributed by atoms with Gasteiger partial charge in [0.25, 0.3) is 0 Å². The smallest absolute Gasteiger partial charge is 0.173 e. The topological polar surface area (TPSA) is 59.7 Å². The highest BCUT2D eigenvalue weighted by Crippen LogP contribution is 2.30. The summed E-state index contributed by atoms with van der Waals surface area (Å²) in [6.07, 6.45) is 8.83. The lowest BCUT2D eigenvalue weighted by molar-refractivity contribution is 0.208. The van der Waals surface area contributed by atoms with Crippen LogP contribution in [0.25, 0.3) is 0 Å². The molecule has 6 nitrogen and oxygen atoms in total. The van der Waals surface area contributed by atoms with E-state index in [9.17, 15) is 0 Å². The van der Waals surface area contributed by atoms with Crippen LogP contribution in [0, 0.1) is 0 Å². The van der Waals surface area contributed by atoms with Crippen molar-refractivity contribution in [3.8, 4) is 0 Å². The van der Waals surface area contributed by atoms with Gasteiger partial charge < -0.3 is 0 Å². The maximum absolute atomic E-state index is 4.40. The quantitative estimate of drug-likeness (QED) is 0.872. The highest BCUT2D eigenvalue weighted by molar-refractivity contribution is 5.22. The SMILES string of the molecule is CC(C)(C)n1nnnc1C(c1cccnc1)N1CCCCCC1. The fraction of sp³-hybridized carbons (Fsp3) is 0.647. The molecule has 6 heteroatoms. The van der Waals surface area contributed by atoms with Gasteiger partial charge in [0.2, 0.25) is 0 Å². The van der Waals surface area contributed by atoms with Crippen LogP contribution in [0.3, 0.4) is 0 Å². The number of aromatic nitrogens is 5. The van der Waals surface area contributed by atoms with Crippen LogP contribution in [-0.4, -0.2) is 43.2 Å². The molecule has 0 aliphatic carbocycles. The van der Waals surface area contributed by atoms with Crippen LogP contribution < -0.4 is 0 Å². The molecule has 2 aromatic heterocycles. The number of nitrogens with zero attached hydrogens (tertiary/aromatic N) is 6. The van der Waals surface area contributed by atoms with Gasteiger partial charge in [-0.15, -0.1) is 5.10 Å². The van der Waals surface area contributed by atoms with Gasteiger partial charge in [-0.25, -0.2) is 4.68 Å². The molecule has 0 aromatic carbocycles. The average Bonchev–Trinajstić information content (AvgIpc) is 2.86. The lowest BCUT2D eigenvalue weighted by Gasteiger charge is -2.32. The second kappa shape index (κ2) is 6.74. The predicted molar refractivity (Wildman–Crippen MR) is 88.9 cm³/mol. The van der Waals surface area contributed by atoms with Gasteiger partial charge in [-0.2, -0.15) is 0 Å². The highest BCUT2D eigenvalue weighted by atomic mass is 15.6. The monoisotopic (exact) mass is 314 g/mol. The number of pyridine rings is 1. The molecule has 1 fully saturated rings. The molecule has 1 aliphatic heterocycles. The summed E-state index contributed by atoms with van der Waals surface area (Å²) in [7, 11) is 0. The van der Waals surface area contributed by atoms with E-state index in [4.69, 9.17) is 0 Å². The van der Waals surface area contributed by atoms with Crippen molar-refractivity contribution in [2.24, 2.45) is 0 Å². The van der Waals surface area contributed by atoms with E-state index < -0.39 is 0 Å². The first-order valence-electron chi connectivity index (χ1n) is 8.50. The summed E-state index contributed by atoms with van der Waals surface area (Å²) < 4.78 is 1.95. The Morgan fingerprint density at radius 2 is 1.83 bits per heavy atom. The minimum atomic E-state index is -0.148. The Kier molecular flexibility index (Phi) is 4.71. The van der Waals surface area contributed by atoms with E-state index >= 15 is 0 Å². The Balaban J connectivity index is 2.04. The van der Waals surface area contributed by atoms with Crippen molar-refractivity contribution in [1.29, 1.82) is 0 Å². The zero-order valence-electron chi connectivity index (χ0n) is 14.3. The molecule has 124 valence electrons. The molecule has 0 radical (unpaired) electrons. The van der Waals surface area contributed by atoms with Crippen LogP contribution in [0.5, 0.6) is 0 Å². The van der Waals surface area contributed by atoms with Gasteiger partial charge in [0.1, 0.15) is 0 Å². The highest BCUT2D eigenvalue weighted by Gasteiger charge is 2.31. The lowest BCUT2D eigenvalue weighted by Crippen LogP contribution is -2.35. The number of likely N-dealkylation sites (tertiary alicyclic amines) is 1. The standard InChI is InChI=1S/C17H26N6/c1-17(2,3)23-16(19-20-21-23)15(14-9-8-10-18-13-14)22-11-6-4-5-7-12-22/h8-10,13,15H,4-7,11-12H2,1-3H3. The molecule has 3 heterocycles. The van der Waals surface area contributed by atoms with Gasteiger partial charge in [0, 0.05) is 12.4 Å². The molecular formula is C17H26N6. The van der Waals surface area contributed by atoms with Crippen molar-refractivity contribution in [3.63, 3.8) is 0 Å². The molecular weight excluding hydrogens is 288 g/mol. The molecule has 2 aromatic rings. The third kappa shape index (κ3) is 3.58. The van der Waals surface area contributed by atoms with Gasteiger partial charge >= 0.3 is 0 Å². The van der Waals surface area contributed by atoms with Crippen molar-refractivity contribution in [1.82, 2.24) is 30.1 Å². The first-order chi connectivity index (χ1) is 11.1. The molecule has 0 saturated carbocycles. The second-order valence-corrected chi connectivity index (χ2v) is 7.26. The van der Waals surface area contributed by atoms with Crippen molar-refractivity contribution >= 4 is 0 Å². The average molecular weight is 314 g/mol. The van der Waals surface area contributed by atoms with E-state index in [2.05, 4.69) is 52.2 Å². The van der Waals surface area contributed by atoms with Crippen LogP contribution in [0.4, 0.5) is 0 Å². The van der Waals surface area contributed by atoms with Crippen molar-refractivity contribution in [3.05, 3.63) is 35.9 Å². The largest absolute Gasteiger partial charge is 0.290 e. The fourth-order valence-corrected chi connectivity index (χ4v) is 3.26. The minimum absolute atomic E-state index is 0.0658. The normalized spacial score (nSPS) is 18.6. The number of hydrogen-bond donors (Lipinski definition) is 0. The maximum atomic E-state index is 4.40. The molecule has 3 rings (SSSR count). The zero-order chi connectivity index (χ0) is 16.3. The Labute approximate surface area is 137 Å². The summed E-state index contributed by atoms with van der Waals surface area (Å²) in [4.78, 5) is 6.83. The molecule has 23 heavy (non-hydrogen) atoms. The minimum Gasteiger partial charge on any atom is -0.290 e. The number of tetrazole rings is 1. The number of rotatable bonds is 3. The van der Waals surface area contributed by atoms with Crippen molar-refractivity contribution in [2.75, 3.05) is 13.1 Å². The third-order valence-corrected chi connectivity index (χ3v) is 4.38. The van der Waals surface area contributed by atoms with Crippen molar-refractivity contribution < 1.29 is 0 Å². The zero-order valence-corrected chi connectivity index (χ0v) is 14.3. The van der Waals surface area contributed by atoms with Gasteiger partial charge in [0.05, 0.1) is 11.6 Å². The molecule has 1 atom stereocenters. The van der Waals surface area contributed by atoms with Crippen LogP contribution in [0.15, 0.2) is 24.5 Å². The molecule has 0 spiro atoms. The first-order valence-corrected chi connectivity index (χ1v) is 8.50. The van der Waals surface area contributed by atoms with Gasteiger partial charge in [0.15, 0.2) is 5.82 Å². The van der Waals surface area contributed by atoms with Gasteiger partial charge in [-0.3, -0.25) is 9.88 Å². The summed E-state index contributed by atoms with van der Waals surface area (Å²) >= 11 is 0. The predicted octanol–water partition coefficient (Wildman–Crippen LogP) is 2.79. The fourth-order valence-electron chi connectivity index (χ4n) is 3.26. The van der Waals surface area contributed by atoms with Crippen LogP contribution >= 0.6 is 0 Å². The lowest BCUT2D eigenvalue weighted by atomic mass is 10.0. The van der Waals surface area contributed by atoms with E-state index in [1.807, 2.05) is 23.1 Å². The van der Waals surface area contributed by atoms with E-state index in [0.29, 0.717) is 0 Å². The van der Waals surface area contributed by atoms with Crippen LogP contribution in [-0.2, 0) is 5.54 Å². The molecule has 0 N–H and O–H groups in total. The molecule has 0 amide bonds. The Bertz CT molecular complexity index is 608. The number of hydrogen-bond acceptors (Lipinski definition) is 5. The summed E-state index contributed by atoms with van der Waals surface area (Å²) in [5.41, 5.74) is 1.01. The molecule has 1 aliphatic rings. The van der Waals surface area contributed by atoms with Gasteiger partial charge in [-0.1, -0.05) is 18.9 Å². The Morgan fingerprint density at radius 1 is 1.09 bits per heavy atom. The van der Waals surface area contributed by atoms with Crippen LogP contribution in [0.1, 0.15) is 63.9 Å². The van der Waals surface area contributed by atoms with E-state index in [1.54, 1.807) is 0 Å². The maximum Gasteiger partial charge on any atom is 0.173 e. The van der Waals surface area contributed by atoms with E-state index in [0.717, 1.165) is 24.5 Å². The van der Waals surface area contributed by atoms with E-state index in [1.165, 1.54) is 25.7 Å². The van der Waals surface area contributed by atoms with Crippen LogP contribution in [0.2, 0.25) is 0 Å². The third-order valence-electron chi connectivity index (χ3n) is 4.38. The summed E-state index contributed by atoms with van der Waals surface area (Å²) in [6, 6.07) is 4.19. The summed E-state index contributed by atoms with van der Waals surface area (Å²) in [5.74, 6) is 0.910. The molecule has 1 unspecified atom stereocenters. The van der Waals surface area contributed by atoms with Crippen molar-refractivity contribution in [2.45, 2.75) is 58.0 Å².